The predicted octanol–water partition coefficient (Wildman–Crippen LogP) is 4.64. The molecule has 1 atom stereocenters. The lowest BCUT2D eigenvalue weighted by Crippen LogP contribution is -2.49. The van der Waals surface area contributed by atoms with Crippen molar-refractivity contribution >= 4 is 33.1 Å². The molecular weight excluding hydrogens is 416 g/mol. The van der Waals surface area contributed by atoms with Gasteiger partial charge in [-0.05, 0) is 61.4 Å². The Morgan fingerprint density at radius 1 is 1.03 bits per heavy atom. The normalized spacial score (nSPS) is 20.1. The standard InChI is InChI=1S/C26H32N4OS/c31-26(30-16-14-29(15-17-30)25-9-3-4-12-27-25)11-10-21-6-5-13-28(19-21)20-23-18-22-7-1-2-8-24(22)32-23/h1-4,7-9,12,18,21H,5-6,10-11,13-17,19-20H2. The summed E-state index contributed by atoms with van der Waals surface area (Å²) in [5, 5.41) is 1.36. The SMILES string of the molecule is O=C(CCC1CCCN(Cc2cc3ccccc3s2)C1)N1CCN(c2ccccn2)CC1. The smallest absolute Gasteiger partial charge is 0.222 e. The fourth-order valence-electron chi connectivity index (χ4n) is 5.08. The van der Waals surface area contributed by atoms with Gasteiger partial charge in [-0.1, -0.05) is 24.3 Å². The van der Waals surface area contributed by atoms with Crippen molar-refractivity contribution < 1.29 is 4.79 Å². The van der Waals surface area contributed by atoms with Crippen molar-refractivity contribution in [1.29, 1.82) is 0 Å². The van der Waals surface area contributed by atoms with Crippen molar-refractivity contribution in [1.82, 2.24) is 14.8 Å². The van der Waals surface area contributed by atoms with Crippen molar-refractivity contribution in [2.45, 2.75) is 32.2 Å². The van der Waals surface area contributed by atoms with Crippen LogP contribution < -0.4 is 4.90 Å². The van der Waals surface area contributed by atoms with E-state index in [2.05, 4.69) is 50.0 Å². The van der Waals surface area contributed by atoms with Crippen LogP contribution >= 0.6 is 11.3 Å². The maximum absolute atomic E-state index is 12.8. The highest BCUT2D eigenvalue weighted by molar-refractivity contribution is 7.19. The van der Waals surface area contributed by atoms with Crippen LogP contribution in [0.15, 0.2) is 54.7 Å². The molecule has 2 saturated heterocycles. The van der Waals surface area contributed by atoms with Gasteiger partial charge in [0, 0.05) is 61.5 Å². The van der Waals surface area contributed by atoms with Crippen LogP contribution in [0.2, 0.25) is 0 Å². The van der Waals surface area contributed by atoms with Crippen molar-refractivity contribution in [2.75, 3.05) is 44.2 Å². The second kappa shape index (κ2) is 10.0. The largest absolute Gasteiger partial charge is 0.353 e. The number of amides is 1. The van der Waals surface area contributed by atoms with Gasteiger partial charge in [0.1, 0.15) is 5.82 Å². The number of thiophene rings is 1. The molecule has 0 radical (unpaired) electrons. The lowest BCUT2D eigenvalue weighted by molar-refractivity contribution is -0.131. The van der Waals surface area contributed by atoms with E-state index in [4.69, 9.17) is 0 Å². The Balaban J connectivity index is 1.07. The Kier molecular flexibility index (Phi) is 6.69. The number of hydrogen-bond acceptors (Lipinski definition) is 5. The van der Waals surface area contributed by atoms with Crippen molar-refractivity contribution in [2.24, 2.45) is 5.92 Å². The molecule has 32 heavy (non-hydrogen) atoms. The Hall–Kier alpha value is -2.44. The van der Waals surface area contributed by atoms with E-state index in [0.29, 0.717) is 18.2 Å². The van der Waals surface area contributed by atoms with E-state index in [1.165, 1.54) is 34.3 Å². The van der Waals surface area contributed by atoms with Gasteiger partial charge in [-0.25, -0.2) is 4.98 Å². The quantitative estimate of drug-likeness (QED) is 0.551. The van der Waals surface area contributed by atoms with Gasteiger partial charge >= 0.3 is 0 Å². The van der Waals surface area contributed by atoms with Gasteiger partial charge in [-0.2, -0.15) is 0 Å². The first kappa shape index (κ1) is 21.4. The van der Waals surface area contributed by atoms with Crippen LogP contribution in [-0.4, -0.2) is 60.0 Å². The molecule has 4 heterocycles. The molecule has 0 N–H and O–H groups in total. The van der Waals surface area contributed by atoms with E-state index in [1.54, 1.807) is 0 Å². The number of nitrogens with zero attached hydrogens (tertiary/aromatic N) is 4. The summed E-state index contributed by atoms with van der Waals surface area (Å²) in [6, 6.07) is 17.0. The third kappa shape index (κ3) is 5.13. The number of likely N-dealkylation sites (tertiary alicyclic amines) is 1. The molecule has 0 saturated carbocycles. The molecule has 3 aromatic rings. The summed E-state index contributed by atoms with van der Waals surface area (Å²) >= 11 is 1.92. The molecule has 0 bridgehead atoms. The molecule has 2 aliphatic rings. The zero-order chi connectivity index (χ0) is 21.8. The monoisotopic (exact) mass is 448 g/mol. The van der Waals surface area contributed by atoms with Gasteiger partial charge in [0.25, 0.3) is 0 Å². The average Bonchev–Trinajstić information content (AvgIpc) is 3.26. The van der Waals surface area contributed by atoms with Crippen molar-refractivity contribution in [3.8, 4) is 0 Å². The van der Waals surface area contributed by atoms with Crippen LogP contribution in [0.25, 0.3) is 10.1 Å². The minimum Gasteiger partial charge on any atom is -0.353 e. The molecule has 1 aromatic carbocycles. The summed E-state index contributed by atoms with van der Waals surface area (Å²) in [6.45, 7) is 6.68. The molecule has 5 nitrogen and oxygen atoms in total. The topological polar surface area (TPSA) is 39.7 Å². The molecule has 168 valence electrons. The Morgan fingerprint density at radius 2 is 1.88 bits per heavy atom. The zero-order valence-corrected chi connectivity index (χ0v) is 19.5. The Morgan fingerprint density at radius 3 is 2.69 bits per heavy atom. The number of benzene rings is 1. The summed E-state index contributed by atoms with van der Waals surface area (Å²) in [6.07, 6.45) is 6.03. The summed E-state index contributed by atoms with van der Waals surface area (Å²) in [4.78, 5) is 25.6. The highest BCUT2D eigenvalue weighted by Crippen LogP contribution is 2.29. The minimum atomic E-state index is 0.326. The number of anilines is 1. The van der Waals surface area contributed by atoms with Crippen LogP contribution in [0.5, 0.6) is 0 Å². The summed E-state index contributed by atoms with van der Waals surface area (Å²) in [7, 11) is 0. The van der Waals surface area contributed by atoms with Gasteiger partial charge in [-0.3, -0.25) is 9.69 Å². The van der Waals surface area contributed by atoms with Crippen molar-refractivity contribution in [3.05, 3.63) is 59.6 Å². The summed E-state index contributed by atoms with van der Waals surface area (Å²) < 4.78 is 1.38. The number of fused-ring (bicyclic) bond motifs is 1. The van der Waals surface area contributed by atoms with E-state index in [-0.39, 0.29) is 0 Å². The van der Waals surface area contributed by atoms with Crippen LogP contribution in [0.4, 0.5) is 5.82 Å². The molecule has 0 spiro atoms. The minimum absolute atomic E-state index is 0.326. The van der Waals surface area contributed by atoms with Gasteiger partial charge < -0.3 is 9.80 Å². The maximum atomic E-state index is 12.8. The molecule has 2 fully saturated rings. The van der Waals surface area contributed by atoms with E-state index < -0.39 is 0 Å². The van der Waals surface area contributed by atoms with Crippen LogP contribution in [0.1, 0.15) is 30.6 Å². The second-order valence-corrected chi connectivity index (χ2v) is 10.3. The maximum Gasteiger partial charge on any atom is 0.222 e. The number of carbonyl (C=O) groups is 1. The molecular formula is C26H32N4OS. The molecule has 5 rings (SSSR count). The lowest BCUT2D eigenvalue weighted by Gasteiger charge is -2.36. The Bertz CT molecular complexity index is 995. The third-order valence-corrected chi connectivity index (χ3v) is 7.93. The summed E-state index contributed by atoms with van der Waals surface area (Å²) in [5.41, 5.74) is 0. The first-order valence-corrected chi connectivity index (χ1v) is 12.7. The van der Waals surface area contributed by atoms with Gasteiger partial charge in [0.05, 0.1) is 0 Å². The van der Waals surface area contributed by atoms with E-state index >= 15 is 0 Å². The molecule has 6 heteroatoms. The average molecular weight is 449 g/mol. The van der Waals surface area contributed by atoms with Gasteiger partial charge in [0.15, 0.2) is 0 Å². The number of hydrogen-bond donors (Lipinski definition) is 0. The molecule has 1 amide bonds. The fraction of sp³-hybridized carbons (Fsp3) is 0.462. The summed E-state index contributed by atoms with van der Waals surface area (Å²) in [5.74, 6) is 1.98. The third-order valence-electron chi connectivity index (χ3n) is 6.83. The van der Waals surface area contributed by atoms with E-state index in [0.717, 1.165) is 51.5 Å². The lowest BCUT2D eigenvalue weighted by atomic mass is 9.93. The second-order valence-electron chi connectivity index (χ2n) is 9.09. The van der Waals surface area contributed by atoms with Gasteiger partial charge in [0.2, 0.25) is 5.91 Å². The van der Waals surface area contributed by atoms with Crippen LogP contribution in [0.3, 0.4) is 0 Å². The molecule has 0 aliphatic carbocycles. The fourth-order valence-corrected chi connectivity index (χ4v) is 6.18. The number of piperazine rings is 1. The van der Waals surface area contributed by atoms with E-state index in [9.17, 15) is 4.79 Å². The molecule has 2 aliphatic heterocycles. The Labute approximate surface area is 194 Å². The number of rotatable bonds is 6. The number of pyridine rings is 1. The first-order chi connectivity index (χ1) is 15.7. The molecule has 2 aromatic heterocycles. The number of aromatic nitrogens is 1. The number of piperidine rings is 1. The van der Waals surface area contributed by atoms with E-state index in [1.807, 2.05) is 35.7 Å². The van der Waals surface area contributed by atoms with Crippen LogP contribution in [0, 0.1) is 5.92 Å². The van der Waals surface area contributed by atoms with Gasteiger partial charge in [-0.15, -0.1) is 11.3 Å². The number of carbonyl (C=O) groups excluding carboxylic acids is 1. The first-order valence-electron chi connectivity index (χ1n) is 11.9. The predicted molar refractivity (Wildman–Crippen MR) is 132 cm³/mol. The highest BCUT2D eigenvalue weighted by Gasteiger charge is 2.25. The highest BCUT2D eigenvalue weighted by atomic mass is 32.1. The van der Waals surface area contributed by atoms with Crippen molar-refractivity contribution in [3.63, 3.8) is 0 Å². The molecule has 1 unspecified atom stereocenters. The van der Waals surface area contributed by atoms with Crippen LogP contribution in [-0.2, 0) is 11.3 Å². The zero-order valence-electron chi connectivity index (χ0n) is 18.7.